The predicted molar refractivity (Wildman–Crippen MR) is 92.3 cm³/mol. The van der Waals surface area contributed by atoms with Crippen molar-refractivity contribution < 1.29 is 14.3 Å². The number of benzene rings is 1. The van der Waals surface area contributed by atoms with Crippen LogP contribution in [-0.4, -0.2) is 43.7 Å². The molecule has 23 heavy (non-hydrogen) atoms. The molecular weight excluding hydrogens is 341 g/mol. The lowest BCUT2D eigenvalue weighted by Gasteiger charge is -2.29. The average Bonchev–Trinajstić information content (AvgIpc) is 2.48. The lowest BCUT2D eigenvalue weighted by Crippen LogP contribution is -2.56. The number of carbonyl (C=O) groups is 2. The lowest BCUT2D eigenvalue weighted by molar-refractivity contribution is -0.130. The zero-order valence-corrected chi connectivity index (χ0v) is 14.6. The van der Waals surface area contributed by atoms with Crippen molar-refractivity contribution >= 4 is 41.5 Å². The van der Waals surface area contributed by atoms with Crippen LogP contribution in [0.4, 0.5) is 5.69 Å². The molecule has 0 bridgehead atoms. The molecule has 3 N–H and O–H groups in total. The predicted octanol–water partition coefficient (Wildman–Crippen LogP) is 1.50. The van der Waals surface area contributed by atoms with Crippen LogP contribution in [0.2, 0.25) is 5.02 Å². The fourth-order valence-corrected chi connectivity index (χ4v) is 2.50. The number of morpholine rings is 1. The summed E-state index contributed by atoms with van der Waals surface area (Å²) in [5.41, 5.74) is 1.53. The highest BCUT2D eigenvalue weighted by Gasteiger charge is 2.28. The van der Waals surface area contributed by atoms with Crippen LogP contribution in [-0.2, 0) is 14.3 Å². The third kappa shape index (κ3) is 5.66. The molecule has 1 heterocycles. The first kappa shape index (κ1) is 19.7. The van der Waals surface area contributed by atoms with E-state index in [-0.39, 0.29) is 36.9 Å². The molecule has 2 amide bonds. The fourth-order valence-electron chi connectivity index (χ4n) is 2.22. The van der Waals surface area contributed by atoms with Crippen molar-refractivity contribution in [2.45, 2.75) is 26.0 Å². The van der Waals surface area contributed by atoms with Crippen LogP contribution in [0.25, 0.3) is 0 Å². The quantitative estimate of drug-likeness (QED) is 0.759. The minimum atomic E-state index is -0.440. The van der Waals surface area contributed by atoms with E-state index in [4.69, 9.17) is 16.3 Å². The van der Waals surface area contributed by atoms with E-state index in [9.17, 15) is 9.59 Å². The Labute approximate surface area is 146 Å². The maximum Gasteiger partial charge on any atom is 0.243 e. The zero-order valence-electron chi connectivity index (χ0n) is 13.0. The van der Waals surface area contributed by atoms with Gasteiger partial charge in [-0.25, -0.2) is 0 Å². The average molecular weight is 362 g/mol. The van der Waals surface area contributed by atoms with Crippen molar-refractivity contribution in [1.29, 1.82) is 0 Å². The van der Waals surface area contributed by atoms with E-state index >= 15 is 0 Å². The lowest BCUT2D eigenvalue weighted by atomic mass is 10.1. The van der Waals surface area contributed by atoms with Gasteiger partial charge < -0.3 is 20.7 Å². The van der Waals surface area contributed by atoms with Gasteiger partial charge in [0.05, 0.1) is 30.0 Å². The molecule has 0 spiro atoms. The summed E-state index contributed by atoms with van der Waals surface area (Å²) in [7, 11) is 0. The van der Waals surface area contributed by atoms with E-state index in [0.29, 0.717) is 23.9 Å². The van der Waals surface area contributed by atoms with Crippen LogP contribution < -0.4 is 16.0 Å². The van der Waals surface area contributed by atoms with Gasteiger partial charge in [0.1, 0.15) is 6.04 Å². The number of rotatable bonds is 4. The highest BCUT2D eigenvalue weighted by atomic mass is 35.5. The van der Waals surface area contributed by atoms with Crippen LogP contribution in [0.5, 0.6) is 0 Å². The number of hydrogen-bond acceptors (Lipinski definition) is 4. The van der Waals surface area contributed by atoms with Gasteiger partial charge >= 0.3 is 0 Å². The number of nitrogens with one attached hydrogen (secondary N) is 3. The molecule has 0 radical (unpaired) electrons. The van der Waals surface area contributed by atoms with Gasteiger partial charge in [-0.3, -0.25) is 9.59 Å². The second kappa shape index (κ2) is 9.08. The normalized spacial score (nSPS) is 20.3. The smallest absolute Gasteiger partial charge is 0.243 e. The molecule has 128 valence electrons. The van der Waals surface area contributed by atoms with Crippen LogP contribution in [0.3, 0.4) is 0 Å². The molecule has 0 aromatic heterocycles. The topological polar surface area (TPSA) is 79.5 Å². The Morgan fingerprint density at radius 3 is 2.83 bits per heavy atom. The summed E-state index contributed by atoms with van der Waals surface area (Å²) in [5, 5.41) is 8.80. The standard InChI is InChI=1S/C15H20ClN3O3.ClH/c1-9-3-4-12(11(16)7-9)19-13(20)8-18-15(21)14-10(2)22-6-5-17-14;/h3-4,7,10,14,17H,5-6,8H2,1-2H3,(H,18,21)(H,19,20);1H/t10-,14+;/m1./s1. The van der Waals surface area contributed by atoms with Crippen molar-refractivity contribution in [1.82, 2.24) is 10.6 Å². The molecule has 2 atom stereocenters. The van der Waals surface area contributed by atoms with E-state index < -0.39 is 6.04 Å². The van der Waals surface area contributed by atoms with Crippen molar-refractivity contribution in [3.05, 3.63) is 28.8 Å². The van der Waals surface area contributed by atoms with Gasteiger partial charge in [-0.05, 0) is 31.5 Å². The third-order valence-electron chi connectivity index (χ3n) is 3.42. The van der Waals surface area contributed by atoms with Gasteiger partial charge in [0, 0.05) is 6.54 Å². The van der Waals surface area contributed by atoms with E-state index in [1.807, 2.05) is 19.9 Å². The molecule has 0 aliphatic carbocycles. The van der Waals surface area contributed by atoms with E-state index in [1.54, 1.807) is 12.1 Å². The number of amides is 2. The summed E-state index contributed by atoms with van der Waals surface area (Å²) in [6.07, 6.45) is -0.219. The summed E-state index contributed by atoms with van der Waals surface area (Å²) >= 11 is 6.05. The maximum absolute atomic E-state index is 12.0. The number of hydrogen-bond donors (Lipinski definition) is 3. The van der Waals surface area contributed by atoms with Crippen LogP contribution in [0.1, 0.15) is 12.5 Å². The molecule has 1 aromatic carbocycles. The highest BCUT2D eigenvalue weighted by molar-refractivity contribution is 6.33. The summed E-state index contributed by atoms with van der Waals surface area (Å²) in [5.74, 6) is -0.583. The molecule has 1 aliphatic heterocycles. The molecule has 1 fully saturated rings. The summed E-state index contributed by atoms with van der Waals surface area (Å²) < 4.78 is 5.40. The van der Waals surface area contributed by atoms with E-state index in [1.165, 1.54) is 0 Å². The fraction of sp³-hybridized carbons (Fsp3) is 0.467. The second-order valence-corrected chi connectivity index (χ2v) is 5.66. The van der Waals surface area contributed by atoms with Gasteiger partial charge in [-0.2, -0.15) is 0 Å². The second-order valence-electron chi connectivity index (χ2n) is 5.26. The highest BCUT2D eigenvalue weighted by Crippen LogP contribution is 2.22. The SMILES string of the molecule is Cc1ccc(NC(=O)CNC(=O)[C@H]2NCCO[C@@H]2C)c(Cl)c1.Cl. The van der Waals surface area contributed by atoms with Gasteiger partial charge in [0.15, 0.2) is 0 Å². The minimum absolute atomic E-state index is 0. The molecule has 8 heteroatoms. The molecule has 0 saturated carbocycles. The first-order chi connectivity index (χ1) is 10.5. The summed E-state index contributed by atoms with van der Waals surface area (Å²) in [4.78, 5) is 23.9. The Hall–Kier alpha value is -1.34. The van der Waals surface area contributed by atoms with Gasteiger partial charge in [0.25, 0.3) is 0 Å². The van der Waals surface area contributed by atoms with Crippen LogP contribution >= 0.6 is 24.0 Å². The van der Waals surface area contributed by atoms with E-state index in [0.717, 1.165) is 5.56 Å². The van der Waals surface area contributed by atoms with Gasteiger partial charge in [0.2, 0.25) is 11.8 Å². The Balaban J connectivity index is 0.00000264. The Bertz CT molecular complexity index is 569. The van der Waals surface area contributed by atoms with Gasteiger partial charge in [-0.1, -0.05) is 17.7 Å². The third-order valence-corrected chi connectivity index (χ3v) is 3.73. The van der Waals surface area contributed by atoms with Crippen molar-refractivity contribution in [2.75, 3.05) is 25.0 Å². The summed E-state index contributed by atoms with van der Waals surface area (Å²) in [6, 6.07) is 4.91. The van der Waals surface area contributed by atoms with Crippen molar-refractivity contribution in [3.8, 4) is 0 Å². The Morgan fingerprint density at radius 2 is 2.17 bits per heavy atom. The van der Waals surface area contributed by atoms with Crippen molar-refractivity contribution in [2.24, 2.45) is 0 Å². The molecule has 1 saturated heterocycles. The van der Waals surface area contributed by atoms with Crippen molar-refractivity contribution in [3.63, 3.8) is 0 Å². The molecule has 0 unspecified atom stereocenters. The Morgan fingerprint density at radius 1 is 1.43 bits per heavy atom. The van der Waals surface area contributed by atoms with E-state index in [2.05, 4.69) is 16.0 Å². The van der Waals surface area contributed by atoms with Crippen LogP contribution in [0, 0.1) is 6.92 Å². The molecule has 1 aliphatic rings. The molecule has 1 aromatic rings. The first-order valence-electron chi connectivity index (χ1n) is 7.16. The van der Waals surface area contributed by atoms with Gasteiger partial charge in [-0.15, -0.1) is 12.4 Å². The number of anilines is 1. The number of aryl methyl sites for hydroxylation is 1. The van der Waals surface area contributed by atoms with Crippen LogP contribution in [0.15, 0.2) is 18.2 Å². The zero-order chi connectivity index (χ0) is 16.1. The number of halogens is 2. The minimum Gasteiger partial charge on any atom is -0.375 e. The molecule has 2 rings (SSSR count). The number of ether oxygens (including phenoxy) is 1. The summed E-state index contributed by atoms with van der Waals surface area (Å²) in [6.45, 7) is 4.82. The molecule has 6 nitrogen and oxygen atoms in total. The molecular formula is C15H21Cl2N3O3. The largest absolute Gasteiger partial charge is 0.375 e. The first-order valence-corrected chi connectivity index (χ1v) is 7.54. The maximum atomic E-state index is 12.0. The number of carbonyl (C=O) groups excluding carboxylic acids is 2. The monoisotopic (exact) mass is 361 g/mol. The Kier molecular flexibility index (Phi) is 7.78.